The van der Waals surface area contributed by atoms with E-state index in [9.17, 15) is 8.42 Å². The van der Waals surface area contributed by atoms with E-state index in [1.807, 2.05) is 13.8 Å². The van der Waals surface area contributed by atoms with Crippen LogP contribution in [-0.2, 0) is 10.0 Å². The molecule has 1 aromatic heterocycles. The molecule has 4 nitrogen and oxygen atoms in total. The number of thiazole rings is 1. The number of rotatable bonds is 4. The lowest BCUT2D eigenvalue weighted by Crippen LogP contribution is -2.27. The molecule has 1 aromatic rings. The Balaban J connectivity index is 2.68. The number of sulfonamides is 1. The van der Waals surface area contributed by atoms with Crippen molar-refractivity contribution in [3.05, 3.63) is 11.6 Å². The topological polar surface area (TPSA) is 59.1 Å². The summed E-state index contributed by atoms with van der Waals surface area (Å²) in [6, 6.07) is 0. The molecule has 0 aliphatic heterocycles. The number of hydrogen-bond acceptors (Lipinski definition) is 4. The first-order valence-electron chi connectivity index (χ1n) is 3.91. The molecule has 0 aromatic carbocycles. The summed E-state index contributed by atoms with van der Waals surface area (Å²) >= 11 is 1.12. The number of nitrogens with zero attached hydrogens (tertiary/aromatic N) is 1. The zero-order valence-corrected chi connectivity index (χ0v) is 9.15. The molecule has 0 spiro atoms. The first kappa shape index (κ1) is 10.6. The van der Waals surface area contributed by atoms with E-state index in [4.69, 9.17) is 0 Å². The van der Waals surface area contributed by atoms with Gasteiger partial charge in [0, 0.05) is 18.1 Å². The molecular weight excluding hydrogens is 208 g/mol. The third-order valence-corrected chi connectivity index (χ3v) is 3.94. The van der Waals surface area contributed by atoms with Crippen molar-refractivity contribution in [2.75, 3.05) is 6.54 Å². The summed E-state index contributed by atoms with van der Waals surface area (Å²) < 4.78 is 25.5. The van der Waals surface area contributed by atoms with Crippen LogP contribution in [0.2, 0.25) is 0 Å². The highest BCUT2D eigenvalue weighted by Crippen LogP contribution is 2.11. The van der Waals surface area contributed by atoms with Crippen molar-refractivity contribution >= 4 is 21.4 Å². The molecule has 74 valence electrons. The highest BCUT2D eigenvalue weighted by atomic mass is 32.2. The molecule has 0 atom stereocenters. The second kappa shape index (κ2) is 4.17. The van der Waals surface area contributed by atoms with Crippen LogP contribution in [0.25, 0.3) is 0 Å². The fourth-order valence-electron chi connectivity index (χ4n) is 0.681. The van der Waals surface area contributed by atoms with Crippen molar-refractivity contribution in [2.24, 2.45) is 5.92 Å². The van der Waals surface area contributed by atoms with Crippen molar-refractivity contribution in [1.82, 2.24) is 9.71 Å². The maximum absolute atomic E-state index is 11.4. The highest BCUT2D eigenvalue weighted by Gasteiger charge is 2.16. The van der Waals surface area contributed by atoms with E-state index in [1.165, 1.54) is 6.20 Å². The van der Waals surface area contributed by atoms with Crippen molar-refractivity contribution in [3.8, 4) is 0 Å². The van der Waals surface area contributed by atoms with E-state index in [0.29, 0.717) is 12.5 Å². The summed E-state index contributed by atoms with van der Waals surface area (Å²) in [6.45, 7) is 4.34. The van der Waals surface area contributed by atoms with Crippen LogP contribution in [-0.4, -0.2) is 19.9 Å². The van der Waals surface area contributed by atoms with Crippen LogP contribution in [0.15, 0.2) is 15.9 Å². The summed E-state index contributed by atoms with van der Waals surface area (Å²) in [4.78, 5) is 3.73. The van der Waals surface area contributed by atoms with Gasteiger partial charge in [0.2, 0.25) is 4.34 Å². The van der Waals surface area contributed by atoms with Crippen LogP contribution < -0.4 is 4.72 Å². The molecule has 0 saturated heterocycles. The Labute approximate surface area is 82.1 Å². The molecule has 1 heterocycles. The minimum Gasteiger partial charge on any atom is -0.233 e. The first-order valence-corrected chi connectivity index (χ1v) is 6.28. The Morgan fingerprint density at radius 1 is 1.62 bits per heavy atom. The zero-order valence-electron chi connectivity index (χ0n) is 7.52. The standard InChI is InChI=1S/C7H12N2O2S2/c1-6(2)5-9-13(10,11)7-8-3-4-12-7/h3-4,6,9H,5H2,1-2H3. The second-order valence-electron chi connectivity index (χ2n) is 3.04. The molecule has 13 heavy (non-hydrogen) atoms. The average molecular weight is 220 g/mol. The predicted molar refractivity (Wildman–Crippen MR) is 52.1 cm³/mol. The van der Waals surface area contributed by atoms with Gasteiger partial charge in [-0.05, 0) is 5.92 Å². The lowest BCUT2D eigenvalue weighted by atomic mass is 10.2. The lowest BCUT2D eigenvalue weighted by molar-refractivity contribution is 0.559. The van der Waals surface area contributed by atoms with Gasteiger partial charge in [-0.3, -0.25) is 0 Å². The Kier molecular flexibility index (Phi) is 3.40. The minimum atomic E-state index is -3.35. The van der Waals surface area contributed by atoms with Crippen molar-refractivity contribution in [1.29, 1.82) is 0 Å². The van der Waals surface area contributed by atoms with Crippen LogP contribution in [0.1, 0.15) is 13.8 Å². The molecule has 0 unspecified atom stereocenters. The fourth-order valence-corrected chi connectivity index (χ4v) is 2.77. The SMILES string of the molecule is CC(C)CNS(=O)(=O)c1nccs1. The molecule has 6 heteroatoms. The van der Waals surface area contributed by atoms with Gasteiger partial charge in [0.25, 0.3) is 10.0 Å². The summed E-state index contributed by atoms with van der Waals surface area (Å²) in [5.41, 5.74) is 0. The van der Waals surface area contributed by atoms with E-state index in [1.54, 1.807) is 5.38 Å². The number of nitrogens with one attached hydrogen (secondary N) is 1. The van der Waals surface area contributed by atoms with Crippen LogP contribution in [0.5, 0.6) is 0 Å². The van der Waals surface area contributed by atoms with E-state index < -0.39 is 10.0 Å². The Bertz CT molecular complexity index is 343. The maximum atomic E-state index is 11.4. The number of hydrogen-bond donors (Lipinski definition) is 1. The average Bonchev–Trinajstić information content (AvgIpc) is 2.53. The summed E-state index contributed by atoms with van der Waals surface area (Å²) in [6.07, 6.45) is 1.48. The van der Waals surface area contributed by atoms with Crippen LogP contribution in [0.3, 0.4) is 0 Å². The molecule has 0 saturated carbocycles. The Morgan fingerprint density at radius 3 is 2.77 bits per heavy atom. The van der Waals surface area contributed by atoms with Crippen LogP contribution >= 0.6 is 11.3 Å². The lowest BCUT2D eigenvalue weighted by Gasteiger charge is -2.05. The van der Waals surface area contributed by atoms with Gasteiger partial charge in [-0.1, -0.05) is 13.8 Å². The summed E-state index contributed by atoms with van der Waals surface area (Å²) in [7, 11) is -3.35. The van der Waals surface area contributed by atoms with Gasteiger partial charge in [0.15, 0.2) is 0 Å². The molecular formula is C7H12N2O2S2. The maximum Gasteiger partial charge on any atom is 0.267 e. The smallest absolute Gasteiger partial charge is 0.233 e. The molecule has 0 radical (unpaired) electrons. The normalized spacial score (nSPS) is 12.2. The van der Waals surface area contributed by atoms with E-state index >= 15 is 0 Å². The van der Waals surface area contributed by atoms with Gasteiger partial charge in [-0.15, -0.1) is 11.3 Å². The first-order chi connectivity index (χ1) is 6.02. The van der Waals surface area contributed by atoms with Gasteiger partial charge < -0.3 is 0 Å². The summed E-state index contributed by atoms with van der Waals surface area (Å²) in [5, 5.41) is 1.64. The molecule has 0 amide bonds. The summed E-state index contributed by atoms with van der Waals surface area (Å²) in [5.74, 6) is 0.301. The molecule has 1 rings (SSSR count). The van der Waals surface area contributed by atoms with Crippen LogP contribution in [0, 0.1) is 5.92 Å². The third-order valence-electron chi connectivity index (χ3n) is 1.32. The van der Waals surface area contributed by atoms with E-state index in [2.05, 4.69) is 9.71 Å². The zero-order chi connectivity index (χ0) is 9.90. The molecule has 0 bridgehead atoms. The van der Waals surface area contributed by atoms with E-state index in [-0.39, 0.29) is 4.34 Å². The fraction of sp³-hybridized carbons (Fsp3) is 0.571. The molecule has 0 aliphatic rings. The minimum absolute atomic E-state index is 0.133. The van der Waals surface area contributed by atoms with Crippen molar-refractivity contribution < 1.29 is 8.42 Å². The Hall–Kier alpha value is -0.460. The van der Waals surface area contributed by atoms with Crippen LogP contribution in [0.4, 0.5) is 0 Å². The largest absolute Gasteiger partial charge is 0.267 e. The van der Waals surface area contributed by atoms with Gasteiger partial charge >= 0.3 is 0 Å². The Morgan fingerprint density at radius 2 is 2.31 bits per heavy atom. The van der Waals surface area contributed by atoms with E-state index in [0.717, 1.165) is 11.3 Å². The molecule has 1 N–H and O–H groups in total. The quantitative estimate of drug-likeness (QED) is 0.826. The van der Waals surface area contributed by atoms with Crippen molar-refractivity contribution in [3.63, 3.8) is 0 Å². The molecule has 0 fully saturated rings. The molecule has 0 aliphatic carbocycles. The highest BCUT2D eigenvalue weighted by molar-refractivity contribution is 7.91. The van der Waals surface area contributed by atoms with Gasteiger partial charge in [-0.25, -0.2) is 18.1 Å². The van der Waals surface area contributed by atoms with Gasteiger partial charge in [0.05, 0.1) is 0 Å². The third kappa shape index (κ3) is 3.06. The van der Waals surface area contributed by atoms with Gasteiger partial charge in [-0.2, -0.15) is 0 Å². The predicted octanol–water partition coefficient (Wildman–Crippen LogP) is 1.08. The second-order valence-corrected chi connectivity index (χ2v) is 5.88. The van der Waals surface area contributed by atoms with Gasteiger partial charge in [0.1, 0.15) is 0 Å². The van der Waals surface area contributed by atoms with Crippen molar-refractivity contribution in [2.45, 2.75) is 18.2 Å². The monoisotopic (exact) mass is 220 g/mol. The number of aromatic nitrogens is 1.